The van der Waals surface area contributed by atoms with Gasteiger partial charge in [-0.3, -0.25) is 9.69 Å². The standard InChI is InChI=1S/C15H29NO2/c1-5-10-16(11-14(17)18)13-9-7-6-8-12(13)15(2,3)4/h12-13H,5-11H2,1-4H3,(H,17,18). The maximum Gasteiger partial charge on any atom is 0.317 e. The van der Waals surface area contributed by atoms with Crippen molar-refractivity contribution in [2.45, 2.75) is 65.8 Å². The summed E-state index contributed by atoms with van der Waals surface area (Å²) in [5.41, 5.74) is 0.273. The largest absolute Gasteiger partial charge is 0.480 e. The Morgan fingerprint density at radius 3 is 2.39 bits per heavy atom. The minimum Gasteiger partial charge on any atom is -0.480 e. The molecule has 0 aromatic rings. The molecule has 1 aliphatic rings. The summed E-state index contributed by atoms with van der Waals surface area (Å²) in [6.45, 7) is 10.1. The number of nitrogens with zero attached hydrogens (tertiary/aromatic N) is 1. The number of rotatable bonds is 5. The minimum atomic E-state index is -0.693. The van der Waals surface area contributed by atoms with Crippen molar-refractivity contribution in [1.29, 1.82) is 0 Å². The van der Waals surface area contributed by atoms with Gasteiger partial charge in [-0.1, -0.05) is 40.5 Å². The zero-order valence-electron chi connectivity index (χ0n) is 12.4. The van der Waals surface area contributed by atoms with Crippen LogP contribution in [-0.4, -0.2) is 35.1 Å². The molecule has 3 heteroatoms. The van der Waals surface area contributed by atoms with Crippen LogP contribution in [0, 0.1) is 11.3 Å². The Bertz CT molecular complexity index is 270. The second-order valence-corrected chi connectivity index (χ2v) is 6.69. The van der Waals surface area contributed by atoms with Crippen molar-refractivity contribution in [3.63, 3.8) is 0 Å². The molecule has 1 rings (SSSR count). The Balaban J connectivity index is 2.81. The van der Waals surface area contributed by atoms with E-state index >= 15 is 0 Å². The van der Waals surface area contributed by atoms with Crippen LogP contribution in [0.5, 0.6) is 0 Å². The molecule has 1 aliphatic carbocycles. The van der Waals surface area contributed by atoms with Crippen LogP contribution in [-0.2, 0) is 4.79 Å². The molecule has 1 fully saturated rings. The molecule has 18 heavy (non-hydrogen) atoms. The molecule has 3 nitrogen and oxygen atoms in total. The van der Waals surface area contributed by atoms with Crippen molar-refractivity contribution >= 4 is 5.97 Å². The van der Waals surface area contributed by atoms with Crippen LogP contribution >= 0.6 is 0 Å². The van der Waals surface area contributed by atoms with Crippen LogP contribution in [0.1, 0.15) is 59.8 Å². The number of carbonyl (C=O) groups is 1. The first-order valence-corrected chi connectivity index (χ1v) is 7.32. The minimum absolute atomic E-state index is 0.199. The molecular weight excluding hydrogens is 226 g/mol. The monoisotopic (exact) mass is 255 g/mol. The normalized spacial score (nSPS) is 25.4. The highest BCUT2D eigenvalue weighted by atomic mass is 16.4. The third kappa shape index (κ3) is 4.27. The van der Waals surface area contributed by atoms with Gasteiger partial charge in [-0.2, -0.15) is 0 Å². The van der Waals surface area contributed by atoms with Crippen molar-refractivity contribution in [2.75, 3.05) is 13.1 Å². The smallest absolute Gasteiger partial charge is 0.317 e. The fourth-order valence-electron chi connectivity index (χ4n) is 3.38. The van der Waals surface area contributed by atoms with Crippen LogP contribution in [0.2, 0.25) is 0 Å². The van der Waals surface area contributed by atoms with E-state index in [0.29, 0.717) is 12.0 Å². The zero-order chi connectivity index (χ0) is 13.8. The van der Waals surface area contributed by atoms with E-state index in [1.807, 2.05) is 0 Å². The average molecular weight is 255 g/mol. The lowest BCUT2D eigenvalue weighted by molar-refractivity contribution is -0.139. The van der Waals surface area contributed by atoms with Gasteiger partial charge in [0.25, 0.3) is 0 Å². The molecule has 0 saturated heterocycles. The van der Waals surface area contributed by atoms with E-state index in [1.165, 1.54) is 19.3 Å². The third-order valence-corrected chi connectivity index (χ3v) is 4.16. The molecule has 2 unspecified atom stereocenters. The molecule has 0 spiro atoms. The van der Waals surface area contributed by atoms with Gasteiger partial charge in [0.2, 0.25) is 0 Å². The van der Waals surface area contributed by atoms with Gasteiger partial charge in [0.05, 0.1) is 6.54 Å². The highest BCUT2D eigenvalue weighted by Gasteiger charge is 2.37. The van der Waals surface area contributed by atoms with Gasteiger partial charge < -0.3 is 5.11 Å². The molecule has 0 aromatic heterocycles. The summed E-state index contributed by atoms with van der Waals surface area (Å²) in [5, 5.41) is 9.09. The van der Waals surface area contributed by atoms with Crippen LogP contribution in [0.25, 0.3) is 0 Å². The number of carboxylic acids is 1. The van der Waals surface area contributed by atoms with E-state index in [1.54, 1.807) is 0 Å². The van der Waals surface area contributed by atoms with Crippen LogP contribution < -0.4 is 0 Å². The molecule has 0 radical (unpaired) electrons. The zero-order valence-corrected chi connectivity index (χ0v) is 12.4. The van der Waals surface area contributed by atoms with Gasteiger partial charge in [-0.05, 0) is 37.1 Å². The number of aliphatic carboxylic acids is 1. The Morgan fingerprint density at radius 1 is 1.28 bits per heavy atom. The maximum atomic E-state index is 11.0. The summed E-state index contributed by atoms with van der Waals surface area (Å²) in [6, 6.07) is 0.454. The third-order valence-electron chi connectivity index (χ3n) is 4.16. The molecule has 0 bridgehead atoms. The van der Waals surface area contributed by atoms with Crippen LogP contribution in [0.15, 0.2) is 0 Å². The van der Waals surface area contributed by atoms with Gasteiger partial charge in [0, 0.05) is 6.04 Å². The van der Waals surface area contributed by atoms with Gasteiger partial charge in [0.15, 0.2) is 0 Å². The first-order chi connectivity index (χ1) is 8.36. The fourth-order valence-corrected chi connectivity index (χ4v) is 3.38. The summed E-state index contributed by atoms with van der Waals surface area (Å²) in [5.74, 6) is -0.0705. The fraction of sp³-hybridized carbons (Fsp3) is 0.933. The number of hydrogen-bond acceptors (Lipinski definition) is 2. The second kappa shape index (κ2) is 6.55. The van der Waals surface area contributed by atoms with E-state index < -0.39 is 5.97 Å². The number of carboxylic acid groups (broad SMARTS) is 1. The Hall–Kier alpha value is -0.570. The van der Waals surface area contributed by atoms with Gasteiger partial charge in [0.1, 0.15) is 0 Å². The molecule has 1 saturated carbocycles. The van der Waals surface area contributed by atoms with E-state index in [2.05, 4.69) is 32.6 Å². The van der Waals surface area contributed by atoms with Gasteiger partial charge in [-0.25, -0.2) is 0 Å². The molecule has 0 amide bonds. The molecule has 106 valence electrons. The summed E-state index contributed by atoms with van der Waals surface area (Å²) in [4.78, 5) is 13.2. The van der Waals surface area contributed by atoms with Crippen molar-refractivity contribution in [1.82, 2.24) is 4.90 Å². The lowest BCUT2D eigenvalue weighted by Crippen LogP contribution is -2.49. The Morgan fingerprint density at radius 2 is 1.89 bits per heavy atom. The molecule has 2 atom stereocenters. The van der Waals surface area contributed by atoms with Crippen molar-refractivity contribution in [3.8, 4) is 0 Å². The van der Waals surface area contributed by atoms with Gasteiger partial charge in [-0.15, -0.1) is 0 Å². The summed E-state index contributed by atoms with van der Waals surface area (Å²) >= 11 is 0. The second-order valence-electron chi connectivity index (χ2n) is 6.69. The van der Waals surface area contributed by atoms with Crippen molar-refractivity contribution in [2.24, 2.45) is 11.3 Å². The topological polar surface area (TPSA) is 40.5 Å². The highest BCUT2D eigenvalue weighted by Crippen LogP contribution is 2.40. The first kappa shape index (κ1) is 15.5. The van der Waals surface area contributed by atoms with Gasteiger partial charge >= 0.3 is 5.97 Å². The predicted molar refractivity (Wildman–Crippen MR) is 74.7 cm³/mol. The molecule has 0 heterocycles. The van der Waals surface area contributed by atoms with E-state index in [9.17, 15) is 4.79 Å². The Labute approximate surface area is 112 Å². The van der Waals surface area contributed by atoms with Crippen molar-refractivity contribution in [3.05, 3.63) is 0 Å². The summed E-state index contributed by atoms with van der Waals surface area (Å²) < 4.78 is 0. The Kier molecular flexibility index (Phi) is 5.64. The molecule has 0 aliphatic heterocycles. The van der Waals surface area contributed by atoms with E-state index in [4.69, 9.17) is 5.11 Å². The average Bonchev–Trinajstić information content (AvgIpc) is 2.27. The van der Waals surface area contributed by atoms with Crippen LogP contribution in [0.3, 0.4) is 0 Å². The van der Waals surface area contributed by atoms with E-state index in [-0.39, 0.29) is 12.0 Å². The quantitative estimate of drug-likeness (QED) is 0.818. The predicted octanol–water partition coefficient (Wildman–Crippen LogP) is 3.39. The summed E-state index contributed by atoms with van der Waals surface area (Å²) in [7, 11) is 0. The SMILES string of the molecule is CCCN(CC(=O)O)C1CCCCC1C(C)(C)C. The van der Waals surface area contributed by atoms with Crippen LogP contribution in [0.4, 0.5) is 0 Å². The lowest BCUT2D eigenvalue weighted by Gasteiger charge is -2.45. The van der Waals surface area contributed by atoms with Crippen molar-refractivity contribution < 1.29 is 9.90 Å². The lowest BCUT2D eigenvalue weighted by atomic mass is 9.69. The maximum absolute atomic E-state index is 11.0. The summed E-state index contributed by atoms with van der Waals surface area (Å²) in [6.07, 6.45) is 5.98. The first-order valence-electron chi connectivity index (χ1n) is 7.32. The molecule has 1 N–H and O–H groups in total. The van der Waals surface area contributed by atoms with E-state index in [0.717, 1.165) is 19.4 Å². The highest BCUT2D eigenvalue weighted by molar-refractivity contribution is 5.69. The molecule has 0 aromatic carbocycles. The number of hydrogen-bond donors (Lipinski definition) is 1. The molecular formula is C15H29NO2.